The molecule has 1 unspecified atom stereocenters. The van der Waals surface area contributed by atoms with Gasteiger partial charge >= 0.3 is 6.09 Å². The smallest absolute Gasteiger partial charge is 0.407 e. The third-order valence-electron chi connectivity index (χ3n) is 3.54. The summed E-state index contributed by atoms with van der Waals surface area (Å²) in [5, 5.41) is 15.1. The lowest BCUT2D eigenvalue weighted by Gasteiger charge is -2.21. The van der Waals surface area contributed by atoms with Gasteiger partial charge in [-0.05, 0) is 51.0 Å². The van der Waals surface area contributed by atoms with Crippen LogP contribution < -0.4 is 15.4 Å². The van der Waals surface area contributed by atoms with Gasteiger partial charge < -0.3 is 25.2 Å². The Morgan fingerprint density at radius 3 is 2.85 bits per heavy atom. The van der Waals surface area contributed by atoms with Crippen molar-refractivity contribution in [2.75, 3.05) is 13.1 Å². The van der Waals surface area contributed by atoms with E-state index in [9.17, 15) is 19.1 Å². The highest BCUT2D eigenvalue weighted by atomic mass is 19.1. The van der Waals surface area contributed by atoms with Gasteiger partial charge in [0, 0.05) is 17.7 Å². The van der Waals surface area contributed by atoms with Gasteiger partial charge in [-0.3, -0.25) is 4.79 Å². The van der Waals surface area contributed by atoms with E-state index < -0.39 is 18.0 Å². The van der Waals surface area contributed by atoms with Crippen molar-refractivity contribution in [1.29, 1.82) is 0 Å². The lowest BCUT2D eigenvalue weighted by Crippen LogP contribution is -2.36. The third-order valence-corrected chi connectivity index (χ3v) is 3.54. The van der Waals surface area contributed by atoms with Crippen LogP contribution in [-0.4, -0.2) is 42.1 Å². The minimum absolute atomic E-state index is 0.163. The summed E-state index contributed by atoms with van der Waals surface area (Å²) in [5.74, 6) is 0.131. The van der Waals surface area contributed by atoms with Crippen molar-refractivity contribution in [3.8, 4) is 5.75 Å². The average molecular weight is 366 g/mol. The number of amides is 2. The van der Waals surface area contributed by atoms with Gasteiger partial charge in [-0.1, -0.05) is 0 Å². The van der Waals surface area contributed by atoms with Gasteiger partial charge in [0.2, 0.25) is 6.29 Å². The maximum absolute atomic E-state index is 13.1. The minimum atomic E-state index is -1.59. The number of carbonyl (C=O) groups is 2. The Kier molecular flexibility index (Phi) is 6.20. The number of halogens is 1. The summed E-state index contributed by atoms with van der Waals surface area (Å²) in [5.41, 5.74) is 0.474. The molecule has 2 rings (SSSR count). The maximum atomic E-state index is 13.1. The van der Waals surface area contributed by atoms with Gasteiger partial charge in [0.1, 0.15) is 11.4 Å². The average Bonchev–Trinajstić information content (AvgIpc) is 2.54. The van der Waals surface area contributed by atoms with Gasteiger partial charge in [-0.2, -0.15) is 0 Å². The van der Waals surface area contributed by atoms with E-state index in [1.165, 1.54) is 6.07 Å². The van der Waals surface area contributed by atoms with Crippen LogP contribution in [-0.2, 0) is 11.2 Å². The van der Waals surface area contributed by atoms with Crippen molar-refractivity contribution >= 4 is 12.0 Å². The number of benzene rings is 1. The summed E-state index contributed by atoms with van der Waals surface area (Å²) >= 11 is 0. The molecule has 7 nitrogen and oxygen atoms in total. The SMILES string of the molecule is CC(C)(C)OC(=O)NCC(=CF)C(O)Oc1ccc2c(c1)CCNC2=O. The molecular weight excluding hydrogens is 343 g/mol. The molecule has 0 spiro atoms. The Labute approximate surface area is 151 Å². The highest BCUT2D eigenvalue weighted by Gasteiger charge is 2.20. The van der Waals surface area contributed by atoms with Crippen molar-refractivity contribution in [1.82, 2.24) is 10.6 Å². The first kappa shape index (κ1) is 19.7. The van der Waals surface area contributed by atoms with Crippen molar-refractivity contribution in [3.63, 3.8) is 0 Å². The van der Waals surface area contributed by atoms with E-state index >= 15 is 0 Å². The van der Waals surface area contributed by atoms with Crippen LogP contribution in [0.1, 0.15) is 36.7 Å². The number of rotatable bonds is 5. The monoisotopic (exact) mass is 366 g/mol. The predicted molar refractivity (Wildman–Crippen MR) is 92.5 cm³/mol. The fourth-order valence-corrected chi connectivity index (χ4v) is 2.35. The van der Waals surface area contributed by atoms with E-state index in [4.69, 9.17) is 9.47 Å². The molecule has 1 aliphatic rings. The predicted octanol–water partition coefficient (Wildman–Crippen LogP) is 2.05. The van der Waals surface area contributed by atoms with E-state index in [2.05, 4.69) is 10.6 Å². The first-order valence-corrected chi connectivity index (χ1v) is 8.21. The molecular formula is C18H23FN2O5. The molecule has 3 N–H and O–H groups in total. The molecule has 142 valence electrons. The normalized spacial score (nSPS) is 15.6. The number of nitrogens with one attached hydrogen (secondary N) is 2. The highest BCUT2D eigenvalue weighted by molar-refractivity contribution is 5.96. The number of fused-ring (bicyclic) bond motifs is 1. The molecule has 8 heteroatoms. The Bertz CT molecular complexity index is 712. The highest BCUT2D eigenvalue weighted by Crippen LogP contribution is 2.22. The summed E-state index contributed by atoms with van der Waals surface area (Å²) in [6.07, 6.45) is -1.51. The number of aliphatic hydroxyl groups excluding tert-OH is 1. The first-order chi connectivity index (χ1) is 12.2. The molecule has 2 amide bonds. The molecule has 0 fully saturated rings. The topological polar surface area (TPSA) is 96.9 Å². The molecule has 0 saturated heterocycles. The zero-order valence-corrected chi connectivity index (χ0v) is 15.0. The molecule has 1 heterocycles. The largest absolute Gasteiger partial charge is 0.461 e. The second kappa shape index (κ2) is 8.18. The Balaban J connectivity index is 1.96. The van der Waals surface area contributed by atoms with Crippen molar-refractivity contribution in [3.05, 3.63) is 41.2 Å². The van der Waals surface area contributed by atoms with Crippen LogP contribution in [0.15, 0.2) is 30.1 Å². The third kappa shape index (κ3) is 5.45. The van der Waals surface area contributed by atoms with E-state index in [1.54, 1.807) is 32.9 Å². The van der Waals surface area contributed by atoms with E-state index in [1.807, 2.05) is 0 Å². The molecule has 1 atom stereocenters. The quantitative estimate of drug-likeness (QED) is 0.693. The van der Waals surface area contributed by atoms with Gasteiger partial charge in [0.25, 0.3) is 5.91 Å². The minimum Gasteiger partial charge on any atom is -0.461 e. The number of ether oxygens (including phenoxy) is 2. The molecule has 26 heavy (non-hydrogen) atoms. The summed E-state index contributed by atoms with van der Waals surface area (Å²) in [7, 11) is 0. The number of hydrogen-bond acceptors (Lipinski definition) is 5. The summed E-state index contributed by atoms with van der Waals surface area (Å²) in [4.78, 5) is 23.3. The Hall–Kier alpha value is -2.61. The lowest BCUT2D eigenvalue weighted by atomic mass is 10.0. The van der Waals surface area contributed by atoms with Crippen LogP contribution >= 0.6 is 0 Å². The molecule has 0 aromatic heterocycles. The summed E-state index contributed by atoms with van der Waals surface area (Å²) < 4.78 is 23.4. The van der Waals surface area contributed by atoms with E-state index in [0.717, 1.165) is 5.56 Å². The fraction of sp³-hybridized carbons (Fsp3) is 0.444. The van der Waals surface area contributed by atoms with Crippen molar-refractivity contribution in [2.24, 2.45) is 0 Å². The molecule has 1 aromatic carbocycles. The van der Waals surface area contributed by atoms with Crippen LogP contribution in [0.5, 0.6) is 5.75 Å². The second-order valence-corrected chi connectivity index (χ2v) is 6.83. The van der Waals surface area contributed by atoms with Crippen molar-refractivity contribution in [2.45, 2.75) is 39.1 Å². The number of alkyl carbamates (subject to hydrolysis) is 1. The first-order valence-electron chi connectivity index (χ1n) is 8.21. The van der Waals surface area contributed by atoms with Gasteiger partial charge in [0.05, 0.1) is 12.9 Å². The molecule has 1 aliphatic heterocycles. The molecule has 0 radical (unpaired) electrons. The van der Waals surface area contributed by atoms with Crippen molar-refractivity contribution < 1.29 is 28.6 Å². The van der Waals surface area contributed by atoms with E-state index in [-0.39, 0.29) is 24.4 Å². The van der Waals surface area contributed by atoms with Gasteiger partial charge in [-0.25, -0.2) is 9.18 Å². The number of aliphatic hydroxyl groups is 1. The van der Waals surface area contributed by atoms with Crippen LogP contribution in [0.25, 0.3) is 0 Å². The second-order valence-electron chi connectivity index (χ2n) is 6.83. The number of hydrogen-bond donors (Lipinski definition) is 3. The zero-order valence-electron chi connectivity index (χ0n) is 15.0. The van der Waals surface area contributed by atoms with Crippen LogP contribution in [0.4, 0.5) is 9.18 Å². The molecule has 1 aromatic rings. The molecule has 0 aliphatic carbocycles. The summed E-state index contributed by atoms with van der Waals surface area (Å²) in [6, 6.07) is 4.74. The zero-order chi connectivity index (χ0) is 19.3. The van der Waals surface area contributed by atoms with Crippen LogP contribution in [0.2, 0.25) is 0 Å². The molecule has 0 saturated carbocycles. The van der Waals surface area contributed by atoms with Gasteiger partial charge in [-0.15, -0.1) is 0 Å². The van der Waals surface area contributed by atoms with Crippen LogP contribution in [0.3, 0.4) is 0 Å². The number of carbonyl (C=O) groups excluding carboxylic acids is 2. The van der Waals surface area contributed by atoms with Gasteiger partial charge in [0.15, 0.2) is 0 Å². The Morgan fingerprint density at radius 1 is 1.46 bits per heavy atom. The maximum Gasteiger partial charge on any atom is 0.407 e. The standard InChI is InChI=1S/C18H23FN2O5/c1-18(2,3)26-17(24)21-10-12(9-19)16(23)25-13-4-5-14-11(8-13)6-7-20-15(14)22/h4-5,8-9,16,23H,6-7,10H2,1-3H3,(H,20,22)(H,21,24). The van der Waals surface area contributed by atoms with E-state index in [0.29, 0.717) is 24.3 Å². The fourth-order valence-electron chi connectivity index (χ4n) is 2.35. The van der Waals surface area contributed by atoms with Crippen LogP contribution in [0, 0.1) is 0 Å². The molecule has 0 bridgehead atoms. The lowest BCUT2D eigenvalue weighted by molar-refractivity contribution is 0.0112. The Morgan fingerprint density at radius 2 is 2.19 bits per heavy atom. The summed E-state index contributed by atoms with van der Waals surface area (Å²) in [6.45, 7) is 5.35.